The van der Waals surface area contributed by atoms with Crippen molar-refractivity contribution in [1.82, 2.24) is 0 Å². The predicted octanol–water partition coefficient (Wildman–Crippen LogP) is 1.93. The Hall–Kier alpha value is -0.360. The first-order chi connectivity index (χ1) is 5.42. The van der Waals surface area contributed by atoms with E-state index in [1.165, 1.54) is 0 Å². The summed E-state index contributed by atoms with van der Waals surface area (Å²) in [5.74, 6) is 0. The average molecular weight is 202 g/mol. The summed E-state index contributed by atoms with van der Waals surface area (Å²) in [7, 11) is 0. The predicted molar refractivity (Wildman–Crippen MR) is 41.1 cm³/mol. The monoisotopic (exact) mass is 202 g/mol. The van der Waals surface area contributed by atoms with Crippen LogP contribution in [-0.4, -0.2) is 31.0 Å². The topological polar surface area (TPSA) is 18.5 Å². The summed E-state index contributed by atoms with van der Waals surface area (Å²) in [5.41, 5.74) is 0. The van der Waals surface area contributed by atoms with Crippen molar-refractivity contribution in [2.45, 2.75) is 13.1 Å². The summed E-state index contributed by atoms with van der Waals surface area (Å²) in [6.45, 7) is 0.255. The van der Waals surface area contributed by atoms with E-state index in [9.17, 15) is 13.2 Å². The molecule has 12 heavy (non-hydrogen) atoms. The van der Waals surface area contributed by atoms with Crippen molar-refractivity contribution in [3.63, 3.8) is 0 Å². The first-order valence-corrected chi connectivity index (χ1v) is 3.60. The lowest BCUT2D eigenvalue weighted by molar-refractivity contribution is -0.175. The Morgan fingerprint density at radius 2 is 1.92 bits per heavy atom. The molecular formula is C6H9F3O2S. The van der Waals surface area contributed by atoms with Crippen molar-refractivity contribution in [2.24, 2.45) is 0 Å². The maximum Gasteiger partial charge on any atom is 0.411 e. The summed E-state index contributed by atoms with van der Waals surface area (Å²) in [6, 6.07) is 0. The summed E-state index contributed by atoms with van der Waals surface area (Å²) in [5, 5.41) is 0.297. The van der Waals surface area contributed by atoms with E-state index >= 15 is 0 Å². The van der Waals surface area contributed by atoms with Crippen LogP contribution < -0.4 is 0 Å². The fourth-order valence-electron chi connectivity index (χ4n) is 0.432. The smallest absolute Gasteiger partial charge is 0.411 e. The Balaban J connectivity index is 3.17. The van der Waals surface area contributed by atoms with E-state index in [-0.39, 0.29) is 13.2 Å². The van der Waals surface area contributed by atoms with Gasteiger partial charge < -0.3 is 9.47 Å². The van der Waals surface area contributed by atoms with Gasteiger partial charge in [0.25, 0.3) is 0 Å². The van der Waals surface area contributed by atoms with Gasteiger partial charge in [0.15, 0.2) is 5.05 Å². The minimum absolute atomic E-state index is 0.0609. The molecule has 0 aliphatic rings. The maximum atomic E-state index is 11.4. The van der Waals surface area contributed by atoms with Gasteiger partial charge in [0.1, 0.15) is 13.2 Å². The summed E-state index contributed by atoms with van der Waals surface area (Å²) in [6.07, 6.45) is -4.27. The van der Waals surface area contributed by atoms with Crippen molar-refractivity contribution < 1.29 is 22.6 Å². The summed E-state index contributed by atoms with van der Waals surface area (Å²) in [4.78, 5) is 0. The van der Waals surface area contributed by atoms with Gasteiger partial charge in [0.2, 0.25) is 0 Å². The zero-order chi connectivity index (χ0) is 9.61. The van der Waals surface area contributed by atoms with Crippen LogP contribution >= 0.6 is 12.2 Å². The normalized spacial score (nSPS) is 11.3. The molecule has 0 aliphatic carbocycles. The molecule has 0 saturated heterocycles. The van der Waals surface area contributed by atoms with Gasteiger partial charge >= 0.3 is 6.18 Å². The van der Waals surface area contributed by atoms with Gasteiger partial charge in [-0.15, -0.1) is 0 Å². The highest BCUT2D eigenvalue weighted by atomic mass is 32.1. The standard InChI is InChI=1S/C6H9F3O2S/c1-5(12)11-3-2-10-4-6(7,8)9/h2-4H2,1H3. The van der Waals surface area contributed by atoms with Crippen LogP contribution in [0.5, 0.6) is 0 Å². The number of alkyl halides is 3. The highest BCUT2D eigenvalue weighted by molar-refractivity contribution is 7.80. The largest absolute Gasteiger partial charge is 0.485 e. The summed E-state index contributed by atoms with van der Waals surface area (Å²) < 4.78 is 43.3. The fraction of sp³-hybridized carbons (Fsp3) is 0.833. The number of rotatable bonds is 4. The van der Waals surface area contributed by atoms with Gasteiger partial charge in [-0.25, -0.2) is 0 Å². The highest BCUT2D eigenvalue weighted by Crippen LogP contribution is 2.13. The molecule has 0 rings (SSSR count). The molecule has 0 fully saturated rings. The second-order valence-corrected chi connectivity index (χ2v) is 2.58. The van der Waals surface area contributed by atoms with Gasteiger partial charge in [-0.3, -0.25) is 0 Å². The van der Waals surface area contributed by atoms with Gasteiger partial charge in [0.05, 0.1) is 6.61 Å². The van der Waals surface area contributed by atoms with Crippen LogP contribution in [0, 0.1) is 0 Å². The number of thiocarbonyl (C=S) groups is 1. The molecular weight excluding hydrogens is 193 g/mol. The zero-order valence-corrected chi connectivity index (χ0v) is 7.30. The molecule has 0 atom stereocenters. The molecule has 0 saturated carbocycles. The molecule has 0 spiro atoms. The van der Waals surface area contributed by atoms with Crippen molar-refractivity contribution in [1.29, 1.82) is 0 Å². The Bertz CT molecular complexity index is 146. The van der Waals surface area contributed by atoms with E-state index in [1.54, 1.807) is 6.92 Å². The molecule has 0 aromatic carbocycles. The molecule has 72 valence electrons. The molecule has 0 unspecified atom stereocenters. The Morgan fingerprint density at radius 1 is 1.33 bits per heavy atom. The Kier molecular flexibility index (Phi) is 5.16. The summed E-state index contributed by atoms with van der Waals surface area (Å²) >= 11 is 4.52. The van der Waals surface area contributed by atoms with Crippen molar-refractivity contribution >= 4 is 17.3 Å². The third kappa shape index (κ3) is 9.64. The maximum absolute atomic E-state index is 11.4. The molecule has 0 N–H and O–H groups in total. The van der Waals surface area contributed by atoms with E-state index in [1.807, 2.05) is 0 Å². The third-order valence-corrected chi connectivity index (χ3v) is 0.917. The number of halogens is 3. The lowest BCUT2D eigenvalue weighted by Crippen LogP contribution is -2.19. The molecule has 0 amide bonds. The van der Waals surface area contributed by atoms with E-state index in [4.69, 9.17) is 4.74 Å². The SMILES string of the molecule is CC(=S)OCCOCC(F)(F)F. The molecule has 0 bridgehead atoms. The molecule has 0 heterocycles. The van der Waals surface area contributed by atoms with Crippen LogP contribution in [0.15, 0.2) is 0 Å². The van der Waals surface area contributed by atoms with Crippen LogP contribution in [-0.2, 0) is 9.47 Å². The second-order valence-electron chi connectivity index (χ2n) is 2.01. The van der Waals surface area contributed by atoms with Gasteiger partial charge in [-0.2, -0.15) is 13.2 Å². The van der Waals surface area contributed by atoms with E-state index < -0.39 is 12.8 Å². The van der Waals surface area contributed by atoms with E-state index in [0.717, 1.165) is 0 Å². The minimum Gasteiger partial charge on any atom is -0.485 e. The quantitative estimate of drug-likeness (QED) is 0.512. The highest BCUT2D eigenvalue weighted by Gasteiger charge is 2.27. The second kappa shape index (κ2) is 5.31. The van der Waals surface area contributed by atoms with Gasteiger partial charge in [0, 0.05) is 6.92 Å². The van der Waals surface area contributed by atoms with E-state index in [2.05, 4.69) is 17.0 Å². The van der Waals surface area contributed by atoms with Crippen LogP contribution in [0.25, 0.3) is 0 Å². The van der Waals surface area contributed by atoms with E-state index in [0.29, 0.717) is 5.05 Å². The van der Waals surface area contributed by atoms with Crippen molar-refractivity contribution in [2.75, 3.05) is 19.8 Å². The molecule has 6 heteroatoms. The van der Waals surface area contributed by atoms with Crippen LogP contribution in [0.3, 0.4) is 0 Å². The number of hydrogen-bond donors (Lipinski definition) is 0. The van der Waals surface area contributed by atoms with Crippen LogP contribution in [0.2, 0.25) is 0 Å². The first-order valence-electron chi connectivity index (χ1n) is 3.19. The number of hydrogen-bond acceptors (Lipinski definition) is 3. The Labute approximate surface area is 73.6 Å². The van der Waals surface area contributed by atoms with Gasteiger partial charge in [-0.05, 0) is 12.2 Å². The van der Waals surface area contributed by atoms with Crippen LogP contribution in [0.1, 0.15) is 6.92 Å². The van der Waals surface area contributed by atoms with Gasteiger partial charge in [-0.1, -0.05) is 0 Å². The average Bonchev–Trinajstić information content (AvgIpc) is 1.83. The minimum atomic E-state index is -4.27. The Morgan fingerprint density at radius 3 is 2.33 bits per heavy atom. The van der Waals surface area contributed by atoms with Crippen molar-refractivity contribution in [3.05, 3.63) is 0 Å². The lowest BCUT2D eigenvalue weighted by Gasteiger charge is -2.07. The fourth-order valence-corrected chi connectivity index (χ4v) is 0.516. The first kappa shape index (κ1) is 11.6. The van der Waals surface area contributed by atoms with Crippen LogP contribution in [0.4, 0.5) is 13.2 Å². The third-order valence-electron chi connectivity index (χ3n) is 0.799. The molecule has 0 aliphatic heterocycles. The molecule has 0 aromatic heterocycles. The molecule has 0 radical (unpaired) electrons. The molecule has 0 aromatic rings. The molecule has 2 nitrogen and oxygen atoms in total. The zero-order valence-electron chi connectivity index (χ0n) is 6.48. The van der Waals surface area contributed by atoms with Crippen molar-refractivity contribution in [3.8, 4) is 0 Å². The lowest BCUT2D eigenvalue weighted by atomic mass is 10.7. The number of ether oxygens (including phenoxy) is 2.